The Kier molecular flexibility index (Phi) is 5.20. The minimum atomic E-state index is -0.220. The van der Waals surface area contributed by atoms with Crippen molar-refractivity contribution in [3.63, 3.8) is 0 Å². The van der Waals surface area contributed by atoms with Crippen LogP contribution in [0.2, 0.25) is 0 Å². The zero-order valence-electron chi connectivity index (χ0n) is 13.3. The number of anilines is 1. The summed E-state index contributed by atoms with van der Waals surface area (Å²) >= 11 is 0. The van der Waals surface area contributed by atoms with Crippen LogP contribution in [0, 0.1) is 0 Å². The Bertz CT molecular complexity index is 771. The highest BCUT2D eigenvalue weighted by molar-refractivity contribution is 5.89. The molecule has 3 aromatic rings. The van der Waals surface area contributed by atoms with Crippen molar-refractivity contribution in [2.45, 2.75) is 13.0 Å². The summed E-state index contributed by atoms with van der Waals surface area (Å²) in [6, 6.07) is 21.8. The molecule has 0 unspecified atom stereocenters. The Morgan fingerprint density at radius 2 is 1.46 bits per heavy atom. The number of nitrogens with one attached hydrogen (secondary N) is 2. The molecule has 0 saturated heterocycles. The molecule has 3 rings (SSSR count). The van der Waals surface area contributed by atoms with Gasteiger partial charge in [-0.05, 0) is 47.4 Å². The monoisotopic (exact) mass is 317 g/mol. The predicted octanol–water partition coefficient (Wildman–Crippen LogP) is 3.99. The molecule has 0 aliphatic rings. The van der Waals surface area contributed by atoms with Crippen LogP contribution in [0.25, 0.3) is 0 Å². The topological polar surface area (TPSA) is 54.0 Å². The summed E-state index contributed by atoms with van der Waals surface area (Å²) in [6.07, 6.45) is 4.30. The molecule has 0 spiro atoms. The SMILES string of the molecule is O=C(NCc1ccncc1)Nc1ccc(Cc2ccccc2)cc1. The van der Waals surface area contributed by atoms with Crippen LogP contribution < -0.4 is 10.6 Å². The first-order valence-electron chi connectivity index (χ1n) is 7.86. The standard InChI is InChI=1S/C20H19N3O/c24-20(22-15-18-10-12-21-13-11-18)23-19-8-6-17(7-9-19)14-16-4-2-1-3-5-16/h1-13H,14-15H2,(H2,22,23,24). The quantitative estimate of drug-likeness (QED) is 0.747. The van der Waals surface area contributed by atoms with Gasteiger partial charge < -0.3 is 10.6 Å². The molecule has 0 saturated carbocycles. The predicted molar refractivity (Wildman–Crippen MR) is 95.8 cm³/mol. The van der Waals surface area contributed by atoms with Gasteiger partial charge in [0.05, 0.1) is 0 Å². The first-order chi connectivity index (χ1) is 11.8. The van der Waals surface area contributed by atoms with Crippen LogP contribution in [0.1, 0.15) is 16.7 Å². The van der Waals surface area contributed by atoms with Crippen LogP contribution in [0.15, 0.2) is 79.1 Å². The molecule has 1 aromatic heterocycles. The minimum Gasteiger partial charge on any atom is -0.334 e. The van der Waals surface area contributed by atoms with E-state index in [4.69, 9.17) is 0 Å². The van der Waals surface area contributed by atoms with Crippen molar-refractivity contribution in [2.24, 2.45) is 0 Å². The lowest BCUT2D eigenvalue weighted by Gasteiger charge is -2.08. The van der Waals surface area contributed by atoms with Gasteiger partial charge >= 0.3 is 6.03 Å². The number of aromatic nitrogens is 1. The van der Waals surface area contributed by atoms with Gasteiger partial charge in [0.25, 0.3) is 0 Å². The van der Waals surface area contributed by atoms with Gasteiger partial charge in [0.1, 0.15) is 0 Å². The molecule has 0 bridgehead atoms. The molecule has 120 valence electrons. The lowest BCUT2D eigenvalue weighted by atomic mass is 10.0. The Morgan fingerprint density at radius 1 is 0.792 bits per heavy atom. The molecule has 0 aliphatic carbocycles. The third kappa shape index (κ3) is 4.68. The van der Waals surface area contributed by atoms with Gasteiger partial charge in [-0.25, -0.2) is 4.79 Å². The van der Waals surface area contributed by atoms with Gasteiger partial charge in [0.15, 0.2) is 0 Å². The van der Waals surface area contributed by atoms with Gasteiger partial charge in [-0.2, -0.15) is 0 Å². The fraction of sp³-hybridized carbons (Fsp3) is 0.100. The zero-order chi connectivity index (χ0) is 16.6. The van der Waals surface area contributed by atoms with E-state index in [9.17, 15) is 4.79 Å². The molecule has 2 amide bonds. The average Bonchev–Trinajstić information content (AvgIpc) is 2.63. The third-order valence-corrected chi connectivity index (χ3v) is 3.67. The average molecular weight is 317 g/mol. The number of carbonyl (C=O) groups excluding carboxylic acids is 1. The number of hydrogen-bond donors (Lipinski definition) is 2. The summed E-state index contributed by atoms with van der Waals surface area (Å²) in [5.74, 6) is 0. The summed E-state index contributed by atoms with van der Waals surface area (Å²) in [5.41, 5.74) is 4.27. The van der Waals surface area contributed by atoms with Gasteiger partial charge in [-0.1, -0.05) is 42.5 Å². The number of nitrogens with zero attached hydrogens (tertiary/aromatic N) is 1. The minimum absolute atomic E-state index is 0.220. The van der Waals surface area contributed by atoms with Crippen LogP contribution in [0.5, 0.6) is 0 Å². The maximum Gasteiger partial charge on any atom is 0.319 e. The highest BCUT2D eigenvalue weighted by Gasteiger charge is 2.02. The van der Waals surface area contributed by atoms with Crippen LogP contribution in [-0.2, 0) is 13.0 Å². The van der Waals surface area contributed by atoms with Crippen molar-refractivity contribution in [1.29, 1.82) is 0 Å². The van der Waals surface area contributed by atoms with Gasteiger partial charge in [0, 0.05) is 24.6 Å². The van der Waals surface area contributed by atoms with Crippen molar-refractivity contribution >= 4 is 11.7 Å². The van der Waals surface area contributed by atoms with Gasteiger partial charge in [-0.15, -0.1) is 0 Å². The lowest BCUT2D eigenvalue weighted by molar-refractivity contribution is 0.251. The Balaban J connectivity index is 1.51. The van der Waals surface area contributed by atoms with E-state index in [1.807, 2.05) is 54.6 Å². The largest absolute Gasteiger partial charge is 0.334 e. The van der Waals surface area contributed by atoms with Crippen molar-refractivity contribution < 1.29 is 4.79 Å². The van der Waals surface area contributed by atoms with Crippen LogP contribution in [0.4, 0.5) is 10.5 Å². The molecular weight excluding hydrogens is 298 g/mol. The van der Waals surface area contributed by atoms with E-state index in [1.54, 1.807) is 12.4 Å². The molecule has 1 heterocycles. The number of hydrogen-bond acceptors (Lipinski definition) is 2. The molecule has 4 heteroatoms. The second-order valence-electron chi connectivity index (χ2n) is 5.52. The van der Waals surface area contributed by atoms with Crippen molar-refractivity contribution in [2.75, 3.05) is 5.32 Å². The summed E-state index contributed by atoms with van der Waals surface area (Å²) in [5, 5.41) is 5.66. The van der Waals surface area contributed by atoms with Crippen LogP contribution >= 0.6 is 0 Å². The number of rotatable bonds is 5. The van der Waals surface area contributed by atoms with Gasteiger partial charge in [0.2, 0.25) is 0 Å². The van der Waals surface area contributed by atoms with E-state index in [1.165, 1.54) is 11.1 Å². The van der Waals surface area contributed by atoms with E-state index in [0.717, 1.165) is 17.7 Å². The molecule has 2 aromatic carbocycles. The van der Waals surface area contributed by atoms with Crippen molar-refractivity contribution in [3.05, 3.63) is 95.8 Å². The van der Waals surface area contributed by atoms with Crippen LogP contribution in [-0.4, -0.2) is 11.0 Å². The summed E-state index contributed by atoms with van der Waals surface area (Å²) in [4.78, 5) is 15.9. The van der Waals surface area contributed by atoms with Gasteiger partial charge in [-0.3, -0.25) is 4.98 Å². The number of pyridine rings is 1. The fourth-order valence-electron chi connectivity index (χ4n) is 2.40. The number of urea groups is 1. The Labute approximate surface area is 141 Å². The molecule has 24 heavy (non-hydrogen) atoms. The number of carbonyl (C=O) groups is 1. The Hall–Kier alpha value is -3.14. The molecule has 0 fully saturated rings. The van der Waals surface area contributed by atoms with E-state index < -0.39 is 0 Å². The summed E-state index contributed by atoms with van der Waals surface area (Å²) < 4.78 is 0. The third-order valence-electron chi connectivity index (χ3n) is 3.67. The van der Waals surface area contributed by atoms with Crippen molar-refractivity contribution in [1.82, 2.24) is 10.3 Å². The van der Waals surface area contributed by atoms with E-state index in [2.05, 4.69) is 27.8 Å². The first-order valence-corrected chi connectivity index (χ1v) is 7.86. The number of benzene rings is 2. The molecular formula is C20H19N3O. The summed E-state index contributed by atoms with van der Waals surface area (Å²) in [6.45, 7) is 0.473. The van der Waals surface area contributed by atoms with E-state index >= 15 is 0 Å². The second-order valence-corrected chi connectivity index (χ2v) is 5.52. The highest BCUT2D eigenvalue weighted by Crippen LogP contribution is 2.13. The first kappa shape index (κ1) is 15.7. The van der Waals surface area contributed by atoms with E-state index in [0.29, 0.717) is 6.54 Å². The second kappa shape index (κ2) is 7.92. The highest BCUT2D eigenvalue weighted by atomic mass is 16.2. The molecule has 2 N–H and O–H groups in total. The number of amides is 2. The molecule has 4 nitrogen and oxygen atoms in total. The molecule has 0 radical (unpaired) electrons. The smallest absolute Gasteiger partial charge is 0.319 e. The summed E-state index contributed by atoms with van der Waals surface area (Å²) in [7, 11) is 0. The normalized spacial score (nSPS) is 10.2. The Morgan fingerprint density at radius 3 is 2.17 bits per heavy atom. The van der Waals surface area contributed by atoms with Crippen molar-refractivity contribution in [3.8, 4) is 0 Å². The molecule has 0 atom stereocenters. The fourth-order valence-corrected chi connectivity index (χ4v) is 2.40. The van der Waals surface area contributed by atoms with E-state index in [-0.39, 0.29) is 6.03 Å². The molecule has 0 aliphatic heterocycles. The lowest BCUT2D eigenvalue weighted by Crippen LogP contribution is -2.28. The van der Waals surface area contributed by atoms with Crippen LogP contribution in [0.3, 0.4) is 0 Å². The maximum atomic E-state index is 11.9. The maximum absolute atomic E-state index is 11.9. The zero-order valence-corrected chi connectivity index (χ0v) is 13.3.